The smallest absolute Gasteiger partial charge is 0.233 e. The average Bonchev–Trinajstić information content (AvgIpc) is 3.22. The van der Waals surface area contributed by atoms with Crippen LogP contribution >= 0.6 is 23.4 Å². The van der Waals surface area contributed by atoms with E-state index in [1.807, 2.05) is 58.0 Å². The van der Waals surface area contributed by atoms with Crippen molar-refractivity contribution in [2.45, 2.75) is 5.16 Å². The van der Waals surface area contributed by atoms with Crippen molar-refractivity contribution in [3.05, 3.63) is 53.6 Å². The summed E-state index contributed by atoms with van der Waals surface area (Å²) in [5.74, 6) is 1.80. The fourth-order valence-corrected chi connectivity index (χ4v) is 4.12. The molecule has 1 fully saturated rings. The molecule has 0 radical (unpaired) electrons. The van der Waals surface area contributed by atoms with Gasteiger partial charge >= 0.3 is 0 Å². The van der Waals surface area contributed by atoms with Crippen LogP contribution in [0.2, 0.25) is 5.02 Å². The van der Waals surface area contributed by atoms with E-state index in [4.69, 9.17) is 21.1 Å². The van der Waals surface area contributed by atoms with Crippen molar-refractivity contribution in [1.29, 1.82) is 0 Å². The molecule has 7 nitrogen and oxygen atoms in total. The number of halogens is 1. The number of hydrogen-bond acceptors (Lipinski definition) is 6. The van der Waals surface area contributed by atoms with E-state index in [2.05, 4.69) is 10.2 Å². The number of methoxy groups -OCH3 is 1. The molecule has 3 aromatic rings. The first kappa shape index (κ1) is 20.7. The third-order valence-electron chi connectivity index (χ3n) is 4.75. The maximum absolute atomic E-state index is 12.6. The molecule has 0 saturated carbocycles. The van der Waals surface area contributed by atoms with Crippen molar-refractivity contribution >= 4 is 29.3 Å². The number of rotatable bonds is 6. The molecule has 1 aliphatic heterocycles. The summed E-state index contributed by atoms with van der Waals surface area (Å²) < 4.78 is 12.5. The largest absolute Gasteiger partial charge is 0.497 e. The predicted octanol–water partition coefficient (Wildman–Crippen LogP) is 3.55. The highest BCUT2D eigenvalue weighted by atomic mass is 35.5. The molecular formula is C21H21ClN4O3S. The van der Waals surface area contributed by atoms with Crippen LogP contribution in [0.1, 0.15) is 0 Å². The quantitative estimate of drug-likeness (QED) is 0.541. The molecule has 30 heavy (non-hydrogen) atoms. The standard InChI is InChI=1S/C21H21ClN4O3S/c1-28-18-8-2-15(3-9-18)20-23-24-21(26(20)17-6-4-16(22)5-7-17)30-14-19(27)25-10-12-29-13-11-25/h2-9H,10-14H2,1H3. The van der Waals surface area contributed by atoms with Gasteiger partial charge < -0.3 is 14.4 Å². The van der Waals surface area contributed by atoms with Gasteiger partial charge in [-0.1, -0.05) is 23.4 Å². The van der Waals surface area contributed by atoms with Crippen LogP contribution in [-0.2, 0) is 9.53 Å². The summed E-state index contributed by atoms with van der Waals surface area (Å²) in [4.78, 5) is 14.4. The number of carbonyl (C=O) groups excluding carboxylic acids is 1. The topological polar surface area (TPSA) is 69.5 Å². The lowest BCUT2D eigenvalue weighted by molar-refractivity contribution is -0.132. The number of benzene rings is 2. The highest BCUT2D eigenvalue weighted by Crippen LogP contribution is 2.29. The summed E-state index contributed by atoms with van der Waals surface area (Å²) >= 11 is 7.44. The van der Waals surface area contributed by atoms with Crippen molar-refractivity contribution < 1.29 is 14.3 Å². The number of carbonyl (C=O) groups is 1. The van der Waals surface area contributed by atoms with Gasteiger partial charge in [0.1, 0.15) is 5.75 Å². The first-order chi connectivity index (χ1) is 14.7. The van der Waals surface area contributed by atoms with Crippen molar-refractivity contribution in [1.82, 2.24) is 19.7 Å². The van der Waals surface area contributed by atoms with E-state index >= 15 is 0 Å². The molecule has 0 bridgehead atoms. The van der Waals surface area contributed by atoms with Crippen molar-refractivity contribution in [3.63, 3.8) is 0 Å². The third-order valence-corrected chi connectivity index (χ3v) is 5.92. The lowest BCUT2D eigenvalue weighted by atomic mass is 10.2. The average molecular weight is 445 g/mol. The van der Waals surface area contributed by atoms with Gasteiger partial charge in [-0.15, -0.1) is 10.2 Å². The molecule has 0 atom stereocenters. The van der Waals surface area contributed by atoms with Crippen LogP contribution in [0.4, 0.5) is 0 Å². The number of ether oxygens (including phenoxy) is 2. The minimum Gasteiger partial charge on any atom is -0.497 e. The Bertz CT molecular complexity index is 1000. The van der Waals surface area contributed by atoms with Crippen molar-refractivity contribution in [2.24, 2.45) is 0 Å². The van der Waals surface area contributed by atoms with Crippen molar-refractivity contribution in [2.75, 3.05) is 39.2 Å². The number of aromatic nitrogens is 3. The Morgan fingerprint density at radius 2 is 1.80 bits per heavy atom. The fourth-order valence-electron chi connectivity index (χ4n) is 3.14. The van der Waals surface area contributed by atoms with Gasteiger partial charge in [0, 0.05) is 29.4 Å². The van der Waals surface area contributed by atoms with Crippen LogP contribution < -0.4 is 4.74 Å². The Balaban J connectivity index is 1.63. The molecule has 0 N–H and O–H groups in total. The zero-order chi connectivity index (χ0) is 20.9. The van der Waals surface area contributed by atoms with Gasteiger partial charge in [-0.25, -0.2) is 0 Å². The highest BCUT2D eigenvalue weighted by molar-refractivity contribution is 7.99. The Morgan fingerprint density at radius 1 is 1.10 bits per heavy atom. The molecule has 156 valence electrons. The van der Waals surface area contributed by atoms with E-state index in [0.29, 0.717) is 42.3 Å². The van der Waals surface area contributed by atoms with E-state index in [0.717, 1.165) is 17.0 Å². The van der Waals surface area contributed by atoms with Gasteiger partial charge in [-0.3, -0.25) is 9.36 Å². The minimum absolute atomic E-state index is 0.0694. The van der Waals surface area contributed by atoms with Gasteiger partial charge in [0.15, 0.2) is 11.0 Å². The van der Waals surface area contributed by atoms with Crippen LogP contribution in [0.25, 0.3) is 17.1 Å². The van der Waals surface area contributed by atoms with Crippen molar-refractivity contribution in [3.8, 4) is 22.8 Å². The maximum Gasteiger partial charge on any atom is 0.233 e. The second-order valence-electron chi connectivity index (χ2n) is 6.63. The normalized spacial score (nSPS) is 14.0. The maximum atomic E-state index is 12.6. The molecule has 0 unspecified atom stereocenters. The monoisotopic (exact) mass is 444 g/mol. The number of nitrogens with zero attached hydrogens (tertiary/aromatic N) is 4. The zero-order valence-corrected chi connectivity index (χ0v) is 18.0. The molecule has 1 aliphatic rings. The van der Waals surface area contributed by atoms with Crippen LogP contribution in [0.3, 0.4) is 0 Å². The molecule has 2 heterocycles. The predicted molar refractivity (Wildman–Crippen MR) is 116 cm³/mol. The van der Waals surface area contributed by atoms with Gasteiger partial charge in [0.25, 0.3) is 0 Å². The lowest BCUT2D eigenvalue weighted by Gasteiger charge is -2.26. The Labute approximate surface area is 183 Å². The van der Waals surface area contributed by atoms with E-state index < -0.39 is 0 Å². The Hall–Kier alpha value is -2.55. The summed E-state index contributed by atoms with van der Waals surface area (Å²) in [6, 6.07) is 15.1. The summed E-state index contributed by atoms with van der Waals surface area (Å²) in [7, 11) is 1.63. The number of thioether (sulfide) groups is 1. The zero-order valence-electron chi connectivity index (χ0n) is 16.5. The fraction of sp³-hybridized carbons (Fsp3) is 0.286. The van der Waals surface area contributed by atoms with Crippen LogP contribution in [0.15, 0.2) is 53.7 Å². The molecule has 1 aromatic heterocycles. The van der Waals surface area contributed by atoms with Crippen LogP contribution in [-0.4, -0.2) is 64.7 Å². The summed E-state index contributed by atoms with van der Waals surface area (Å²) in [6.07, 6.45) is 0. The number of morpholine rings is 1. The summed E-state index contributed by atoms with van der Waals surface area (Å²) in [5.41, 5.74) is 1.76. The molecular weight excluding hydrogens is 424 g/mol. The molecule has 1 saturated heterocycles. The molecule has 9 heteroatoms. The first-order valence-corrected chi connectivity index (χ1v) is 10.9. The van der Waals surface area contributed by atoms with Crippen LogP contribution in [0, 0.1) is 0 Å². The van der Waals surface area contributed by atoms with Crippen LogP contribution in [0.5, 0.6) is 5.75 Å². The Kier molecular flexibility index (Phi) is 6.56. The van der Waals surface area contributed by atoms with E-state index in [1.165, 1.54) is 11.8 Å². The van der Waals surface area contributed by atoms with Gasteiger partial charge in [0.05, 0.1) is 26.1 Å². The highest BCUT2D eigenvalue weighted by Gasteiger charge is 2.21. The third kappa shape index (κ3) is 4.61. The molecule has 0 aliphatic carbocycles. The van der Waals surface area contributed by atoms with Gasteiger partial charge in [-0.2, -0.15) is 0 Å². The molecule has 0 spiro atoms. The number of hydrogen-bond donors (Lipinski definition) is 0. The number of amides is 1. The first-order valence-electron chi connectivity index (χ1n) is 9.50. The van der Waals surface area contributed by atoms with E-state index in [-0.39, 0.29) is 11.7 Å². The molecule has 2 aromatic carbocycles. The lowest BCUT2D eigenvalue weighted by Crippen LogP contribution is -2.41. The summed E-state index contributed by atoms with van der Waals surface area (Å²) in [6.45, 7) is 2.42. The second kappa shape index (κ2) is 9.51. The van der Waals surface area contributed by atoms with E-state index in [1.54, 1.807) is 7.11 Å². The molecule has 4 rings (SSSR count). The van der Waals surface area contributed by atoms with Gasteiger partial charge in [-0.05, 0) is 48.5 Å². The Morgan fingerprint density at radius 3 is 2.47 bits per heavy atom. The second-order valence-corrected chi connectivity index (χ2v) is 8.01. The van der Waals surface area contributed by atoms with Gasteiger partial charge in [0.2, 0.25) is 5.91 Å². The SMILES string of the molecule is COc1ccc(-c2nnc(SCC(=O)N3CCOCC3)n2-c2ccc(Cl)cc2)cc1. The molecule has 1 amide bonds. The van der Waals surface area contributed by atoms with E-state index in [9.17, 15) is 4.79 Å². The summed E-state index contributed by atoms with van der Waals surface area (Å²) in [5, 5.41) is 10.1. The minimum atomic E-state index is 0.0694.